The SMILES string of the molecule is CC(C)CN(c1cccc(Br)n1)C1CCCC1. The summed E-state index contributed by atoms with van der Waals surface area (Å²) in [7, 11) is 0. The first kappa shape index (κ1) is 12.9. The maximum Gasteiger partial charge on any atom is 0.130 e. The van der Waals surface area contributed by atoms with Crippen LogP contribution in [0.2, 0.25) is 0 Å². The van der Waals surface area contributed by atoms with Gasteiger partial charge in [0, 0.05) is 12.6 Å². The molecule has 0 N–H and O–H groups in total. The molecular weight excluding hydrogens is 276 g/mol. The second kappa shape index (κ2) is 5.85. The Labute approximate surface area is 113 Å². The van der Waals surface area contributed by atoms with Crippen LogP contribution in [0.25, 0.3) is 0 Å². The van der Waals surface area contributed by atoms with E-state index >= 15 is 0 Å². The monoisotopic (exact) mass is 296 g/mol. The average Bonchev–Trinajstić information content (AvgIpc) is 2.79. The minimum Gasteiger partial charge on any atom is -0.353 e. The number of halogens is 1. The largest absolute Gasteiger partial charge is 0.353 e. The Morgan fingerprint density at radius 3 is 2.65 bits per heavy atom. The van der Waals surface area contributed by atoms with Crippen molar-refractivity contribution in [3.8, 4) is 0 Å². The summed E-state index contributed by atoms with van der Waals surface area (Å²) in [5.41, 5.74) is 0. The third kappa shape index (κ3) is 3.44. The lowest BCUT2D eigenvalue weighted by molar-refractivity contribution is 0.531. The van der Waals surface area contributed by atoms with Crippen LogP contribution in [-0.4, -0.2) is 17.6 Å². The smallest absolute Gasteiger partial charge is 0.130 e. The van der Waals surface area contributed by atoms with Gasteiger partial charge in [0.25, 0.3) is 0 Å². The van der Waals surface area contributed by atoms with Crippen LogP contribution < -0.4 is 4.90 Å². The number of pyridine rings is 1. The molecule has 0 amide bonds. The maximum absolute atomic E-state index is 4.61. The summed E-state index contributed by atoms with van der Waals surface area (Å²) in [5, 5.41) is 0. The van der Waals surface area contributed by atoms with E-state index in [1.54, 1.807) is 0 Å². The van der Waals surface area contributed by atoms with Crippen molar-refractivity contribution in [2.24, 2.45) is 5.92 Å². The van der Waals surface area contributed by atoms with Gasteiger partial charge in [-0.05, 0) is 46.8 Å². The highest BCUT2D eigenvalue weighted by Gasteiger charge is 2.24. The third-order valence-corrected chi connectivity index (χ3v) is 3.76. The van der Waals surface area contributed by atoms with Gasteiger partial charge in [0.1, 0.15) is 10.4 Å². The first-order valence-corrected chi connectivity index (χ1v) is 7.35. The highest BCUT2D eigenvalue weighted by molar-refractivity contribution is 9.10. The topological polar surface area (TPSA) is 16.1 Å². The fourth-order valence-electron chi connectivity index (χ4n) is 2.60. The van der Waals surface area contributed by atoms with Crippen LogP contribution in [-0.2, 0) is 0 Å². The molecule has 0 saturated heterocycles. The first-order chi connectivity index (χ1) is 8.16. The van der Waals surface area contributed by atoms with Crippen LogP contribution in [0.1, 0.15) is 39.5 Å². The minimum atomic E-state index is 0.677. The highest BCUT2D eigenvalue weighted by atomic mass is 79.9. The van der Waals surface area contributed by atoms with Crippen LogP contribution in [0.4, 0.5) is 5.82 Å². The van der Waals surface area contributed by atoms with Gasteiger partial charge in [-0.15, -0.1) is 0 Å². The summed E-state index contributed by atoms with van der Waals surface area (Å²) in [4.78, 5) is 7.12. The quantitative estimate of drug-likeness (QED) is 0.772. The molecule has 0 spiro atoms. The van der Waals surface area contributed by atoms with Crippen molar-refractivity contribution in [1.29, 1.82) is 0 Å². The van der Waals surface area contributed by atoms with Crippen molar-refractivity contribution in [3.05, 3.63) is 22.8 Å². The van der Waals surface area contributed by atoms with Gasteiger partial charge in [-0.3, -0.25) is 0 Å². The van der Waals surface area contributed by atoms with E-state index in [-0.39, 0.29) is 0 Å². The number of rotatable bonds is 4. The van der Waals surface area contributed by atoms with Crippen molar-refractivity contribution < 1.29 is 0 Å². The summed E-state index contributed by atoms with van der Waals surface area (Å²) in [6, 6.07) is 6.89. The summed E-state index contributed by atoms with van der Waals surface area (Å²) in [6.45, 7) is 5.66. The molecule has 0 bridgehead atoms. The molecular formula is C14H21BrN2. The average molecular weight is 297 g/mol. The van der Waals surface area contributed by atoms with E-state index in [1.165, 1.54) is 25.7 Å². The fraction of sp³-hybridized carbons (Fsp3) is 0.643. The molecule has 2 rings (SSSR count). The van der Waals surface area contributed by atoms with Crippen molar-refractivity contribution >= 4 is 21.7 Å². The fourth-order valence-corrected chi connectivity index (χ4v) is 2.93. The Morgan fingerprint density at radius 2 is 2.06 bits per heavy atom. The van der Waals surface area contributed by atoms with E-state index in [2.05, 4.69) is 51.8 Å². The van der Waals surface area contributed by atoms with Gasteiger partial charge in [-0.2, -0.15) is 0 Å². The molecule has 1 fully saturated rings. The lowest BCUT2D eigenvalue weighted by atomic mass is 10.1. The molecule has 3 heteroatoms. The van der Waals surface area contributed by atoms with Crippen LogP contribution in [0, 0.1) is 5.92 Å². The zero-order chi connectivity index (χ0) is 12.3. The van der Waals surface area contributed by atoms with Gasteiger partial charge in [0.15, 0.2) is 0 Å². The Bertz CT molecular complexity index is 359. The van der Waals surface area contributed by atoms with Crippen molar-refractivity contribution in [2.45, 2.75) is 45.6 Å². The van der Waals surface area contributed by atoms with E-state index < -0.39 is 0 Å². The molecule has 2 nitrogen and oxygen atoms in total. The lowest BCUT2D eigenvalue weighted by Gasteiger charge is -2.31. The molecule has 94 valence electrons. The molecule has 0 radical (unpaired) electrons. The molecule has 1 aromatic rings. The second-order valence-electron chi connectivity index (χ2n) is 5.30. The van der Waals surface area contributed by atoms with E-state index in [0.717, 1.165) is 17.0 Å². The number of anilines is 1. The van der Waals surface area contributed by atoms with Crippen molar-refractivity contribution in [2.75, 3.05) is 11.4 Å². The Morgan fingerprint density at radius 1 is 1.35 bits per heavy atom. The highest BCUT2D eigenvalue weighted by Crippen LogP contribution is 2.28. The molecule has 1 heterocycles. The summed E-state index contributed by atoms with van der Waals surface area (Å²) >= 11 is 3.47. The van der Waals surface area contributed by atoms with Gasteiger partial charge >= 0.3 is 0 Å². The van der Waals surface area contributed by atoms with E-state index in [1.807, 2.05) is 6.07 Å². The van der Waals surface area contributed by atoms with Crippen LogP contribution >= 0.6 is 15.9 Å². The molecule has 1 aliphatic carbocycles. The van der Waals surface area contributed by atoms with Crippen LogP contribution in [0.15, 0.2) is 22.8 Å². The Hall–Kier alpha value is -0.570. The van der Waals surface area contributed by atoms with Crippen LogP contribution in [0.5, 0.6) is 0 Å². The summed E-state index contributed by atoms with van der Waals surface area (Å²) < 4.78 is 0.932. The normalized spacial score (nSPS) is 16.7. The molecule has 17 heavy (non-hydrogen) atoms. The summed E-state index contributed by atoms with van der Waals surface area (Å²) in [6.07, 6.45) is 5.38. The zero-order valence-corrected chi connectivity index (χ0v) is 12.3. The third-order valence-electron chi connectivity index (χ3n) is 3.32. The van der Waals surface area contributed by atoms with E-state index in [0.29, 0.717) is 12.0 Å². The predicted octanol–water partition coefficient (Wildman–Crippen LogP) is 4.25. The summed E-state index contributed by atoms with van der Waals surface area (Å²) in [5.74, 6) is 1.80. The van der Waals surface area contributed by atoms with Crippen molar-refractivity contribution in [3.63, 3.8) is 0 Å². The number of hydrogen-bond donors (Lipinski definition) is 0. The minimum absolute atomic E-state index is 0.677. The second-order valence-corrected chi connectivity index (χ2v) is 6.12. The van der Waals surface area contributed by atoms with Gasteiger partial charge in [-0.1, -0.05) is 32.8 Å². The number of aromatic nitrogens is 1. The molecule has 1 saturated carbocycles. The Kier molecular flexibility index (Phi) is 4.43. The number of nitrogens with zero attached hydrogens (tertiary/aromatic N) is 2. The molecule has 0 atom stereocenters. The van der Waals surface area contributed by atoms with Gasteiger partial charge in [0.2, 0.25) is 0 Å². The molecule has 1 aliphatic rings. The van der Waals surface area contributed by atoms with Gasteiger partial charge in [-0.25, -0.2) is 4.98 Å². The molecule has 1 aromatic heterocycles. The predicted molar refractivity (Wildman–Crippen MR) is 76.4 cm³/mol. The van der Waals surface area contributed by atoms with E-state index in [9.17, 15) is 0 Å². The number of hydrogen-bond acceptors (Lipinski definition) is 2. The maximum atomic E-state index is 4.61. The Balaban J connectivity index is 2.19. The van der Waals surface area contributed by atoms with Gasteiger partial charge in [0.05, 0.1) is 0 Å². The van der Waals surface area contributed by atoms with Crippen molar-refractivity contribution in [1.82, 2.24) is 4.98 Å². The lowest BCUT2D eigenvalue weighted by Crippen LogP contribution is -2.36. The van der Waals surface area contributed by atoms with Gasteiger partial charge < -0.3 is 4.90 Å². The molecule has 0 unspecified atom stereocenters. The zero-order valence-electron chi connectivity index (χ0n) is 10.7. The van der Waals surface area contributed by atoms with E-state index in [4.69, 9.17) is 0 Å². The molecule has 0 aliphatic heterocycles. The van der Waals surface area contributed by atoms with Crippen LogP contribution in [0.3, 0.4) is 0 Å². The molecule has 0 aromatic carbocycles. The first-order valence-electron chi connectivity index (χ1n) is 6.56. The standard InChI is InChI=1S/C14H21BrN2/c1-11(2)10-17(12-6-3-4-7-12)14-9-5-8-13(15)16-14/h5,8-9,11-12H,3-4,6-7,10H2,1-2H3.